The summed E-state index contributed by atoms with van der Waals surface area (Å²) in [6.45, 7) is 15.9. The number of hydrogen-bond donors (Lipinski definition) is 10. The van der Waals surface area contributed by atoms with Gasteiger partial charge in [-0.25, -0.2) is 4.31 Å². The van der Waals surface area contributed by atoms with Gasteiger partial charge in [0.25, 0.3) is 0 Å². The highest BCUT2D eigenvalue weighted by molar-refractivity contribution is 7.53. The van der Waals surface area contributed by atoms with E-state index in [0.717, 1.165) is 18.4 Å². The topological polar surface area (TPSA) is 236 Å². The van der Waals surface area contributed by atoms with Crippen LogP contribution >= 0.6 is 17.2 Å². The SMILES string of the molecule is CCCCOC(COCCO)c1c(C(C)(C)C)cc(CN)cc1C(C)(C)C.OCC(CO)(CO)CO.OP(O)OP(O)O. The lowest BCUT2D eigenvalue weighted by Gasteiger charge is -2.34. The molecular weight excluding hydrogens is 604 g/mol. The number of nitrogens with two attached hydrogens (primary N) is 1. The van der Waals surface area contributed by atoms with Crippen molar-refractivity contribution < 1.29 is 58.9 Å². The molecule has 0 amide bonds. The maximum absolute atomic E-state index is 9.12. The van der Waals surface area contributed by atoms with Gasteiger partial charge in [-0.05, 0) is 39.5 Å². The van der Waals surface area contributed by atoms with E-state index in [0.29, 0.717) is 26.4 Å². The summed E-state index contributed by atoms with van der Waals surface area (Å²) in [6.07, 6.45) is 1.96. The van der Waals surface area contributed by atoms with Crippen molar-refractivity contribution in [1.29, 1.82) is 0 Å². The Morgan fingerprint density at radius 1 is 0.767 bits per heavy atom. The molecule has 0 aliphatic heterocycles. The van der Waals surface area contributed by atoms with Gasteiger partial charge >= 0.3 is 17.2 Å². The van der Waals surface area contributed by atoms with E-state index in [9.17, 15) is 0 Å². The largest absolute Gasteiger partial charge is 0.396 e. The van der Waals surface area contributed by atoms with Crippen molar-refractivity contribution in [3.63, 3.8) is 0 Å². The highest BCUT2D eigenvalue weighted by atomic mass is 31.2. The molecule has 0 heterocycles. The Balaban J connectivity index is 0. The minimum absolute atomic E-state index is 0.0199. The number of ether oxygens (including phenoxy) is 2. The minimum Gasteiger partial charge on any atom is -0.396 e. The van der Waals surface area contributed by atoms with Crippen LogP contribution in [0, 0.1) is 5.41 Å². The van der Waals surface area contributed by atoms with E-state index in [1.165, 1.54) is 16.7 Å². The van der Waals surface area contributed by atoms with Gasteiger partial charge in [0.1, 0.15) is 6.10 Å². The Morgan fingerprint density at radius 3 is 1.47 bits per heavy atom. The fourth-order valence-corrected chi connectivity index (χ4v) is 4.15. The van der Waals surface area contributed by atoms with Crippen LogP contribution in [0.25, 0.3) is 0 Å². The number of aliphatic hydroxyl groups excluding tert-OH is 5. The minimum atomic E-state index is -2.61. The zero-order chi connectivity index (χ0) is 33.9. The third-order valence-electron chi connectivity index (χ3n) is 6.22. The predicted octanol–water partition coefficient (Wildman–Crippen LogP) is 1.98. The van der Waals surface area contributed by atoms with Crippen LogP contribution in [0.3, 0.4) is 0 Å². The second-order valence-corrected chi connectivity index (χ2v) is 13.7. The van der Waals surface area contributed by atoms with E-state index in [-0.39, 0.29) is 23.5 Å². The normalized spacial score (nSPS) is 13.0. The summed E-state index contributed by atoms with van der Waals surface area (Å²) in [5.41, 5.74) is 9.74. The maximum Gasteiger partial charge on any atom is 0.334 e. The van der Waals surface area contributed by atoms with Crippen LogP contribution in [0.15, 0.2) is 12.1 Å². The average Bonchev–Trinajstić information content (AvgIpc) is 2.92. The molecule has 0 bridgehead atoms. The Bertz CT molecular complexity index is 775. The first-order valence-electron chi connectivity index (χ1n) is 14.1. The highest BCUT2D eigenvalue weighted by Crippen LogP contribution is 2.42. The van der Waals surface area contributed by atoms with Gasteiger partial charge in [-0.3, -0.25) is 0 Å². The smallest absolute Gasteiger partial charge is 0.334 e. The molecule has 1 aromatic carbocycles. The third kappa shape index (κ3) is 18.3. The van der Waals surface area contributed by atoms with Crippen LogP contribution in [0.1, 0.15) is 89.7 Å². The molecule has 256 valence electrons. The van der Waals surface area contributed by atoms with Crippen LogP contribution in [0.2, 0.25) is 0 Å². The zero-order valence-corrected chi connectivity index (χ0v) is 28.5. The molecule has 0 spiro atoms. The molecule has 1 aromatic rings. The first-order chi connectivity index (χ1) is 19.9. The molecule has 0 fully saturated rings. The van der Waals surface area contributed by atoms with E-state index in [1.807, 2.05) is 0 Å². The lowest BCUT2D eigenvalue weighted by atomic mass is 9.73. The van der Waals surface area contributed by atoms with E-state index in [2.05, 4.69) is 64.9 Å². The van der Waals surface area contributed by atoms with Crippen molar-refractivity contribution in [2.24, 2.45) is 11.1 Å². The van der Waals surface area contributed by atoms with Crippen molar-refractivity contribution in [1.82, 2.24) is 0 Å². The summed E-state index contributed by atoms with van der Waals surface area (Å²) in [7, 11) is -5.22. The molecule has 11 N–H and O–H groups in total. The summed E-state index contributed by atoms with van der Waals surface area (Å²) in [5.74, 6) is 0. The lowest BCUT2D eigenvalue weighted by molar-refractivity contribution is -0.0328. The Hall–Kier alpha value is -0.440. The Kier molecular flexibility index (Phi) is 23.9. The van der Waals surface area contributed by atoms with Gasteiger partial charge in [0.2, 0.25) is 0 Å². The highest BCUT2D eigenvalue weighted by Gasteiger charge is 2.31. The maximum atomic E-state index is 9.12. The third-order valence-corrected chi connectivity index (χ3v) is 7.39. The molecule has 0 aromatic heterocycles. The van der Waals surface area contributed by atoms with Gasteiger partial charge < -0.3 is 60.3 Å². The molecule has 0 saturated carbocycles. The number of aliphatic hydroxyl groups is 5. The van der Waals surface area contributed by atoms with Crippen LogP contribution in [0.4, 0.5) is 0 Å². The fourth-order valence-electron chi connectivity index (χ4n) is 3.62. The average molecular weight is 662 g/mol. The van der Waals surface area contributed by atoms with Gasteiger partial charge in [0, 0.05) is 13.2 Å². The van der Waals surface area contributed by atoms with E-state index < -0.39 is 49.0 Å². The molecule has 1 rings (SSSR count). The molecule has 1 unspecified atom stereocenters. The summed E-state index contributed by atoms with van der Waals surface area (Å²) in [4.78, 5) is 31.3. The van der Waals surface area contributed by atoms with Crippen molar-refractivity contribution >= 4 is 17.2 Å². The van der Waals surface area contributed by atoms with Crippen LogP contribution in [-0.2, 0) is 31.2 Å². The molecule has 15 heteroatoms. The molecule has 43 heavy (non-hydrogen) atoms. The second-order valence-electron chi connectivity index (χ2n) is 12.0. The van der Waals surface area contributed by atoms with Gasteiger partial charge in [-0.1, -0.05) is 67.0 Å². The number of unbranched alkanes of at least 4 members (excludes halogenated alkanes) is 1. The summed E-state index contributed by atoms with van der Waals surface area (Å²) >= 11 is 0. The Labute approximate surface area is 259 Å². The van der Waals surface area contributed by atoms with E-state index in [1.54, 1.807) is 0 Å². The monoisotopic (exact) mass is 661 g/mol. The van der Waals surface area contributed by atoms with E-state index in [4.69, 9.17) is 60.3 Å². The van der Waals surface area contributed by atoms with Crippen LogP contribution in [-0.4, -0.2) is 98.0 Å². The van der Waals surface area contributed by atoms with Gasteiger partial charge in [-0.2, -0.15) is 0 Å². The molecular formula is C28H57NO12P2. The van der Waals surface area contributed by atoms with Crippen LogP contribution in [0.5, 0.6) is 0 Å². The fraction of sp³-hybridized carbons (Fsp3) is 0.786. The summed E-state index contributed by atoms with van der Waals surface area (Å²) in [6, 6.07) is 4.46. The number of benzene rings is 1. The number of rotatable bonds is 16. The molecule has 0 saturated heterocycles. The van der Waals surface area contributed by atoms with Gasteiger partial charge in [-0.15, -0.1) is 0 Å². The first-order valence-corrected chi connectivity index (χ1v) is 16.4. The van der Waals surface area contributed by atoms with Crippen molar-refractivity contribution in [3.8, 4) is 0 Å². The molecule has 0 radical (unpaired) electrons. The predicted molar refractivity (Wildman–Crippen MR) is 168 cm³/mol. The second kappa shape index (κ2) is 23.0. The van der Waals surface area contributed by atoms with Gasteiger partial charge in [0.05, 0.1) is 51.7 Å². The zero-order valence-electron chi connectivity index (χ0n) is 26.7. The van der Waals surface area contributed by atoms with Crippen LogP contribution < -0.4 is 5.73 Å². The summed E-state index contributed by atoms with van der Waals surface area (Å²) in [5, 5.41) is 43.1. The van der Waals surface area contributed by atoms with Gasteiger partial charge in [0.15, 0.2) is 0 Å². The van der Waals surface area contributed by atoms with Crippen molar-refractivity contribution in [2.45, 2.75) is 84.8 Å². The van der Waals surface area contributed by atoms with E-state index >= 15 is 0 Å². The number of hydrogen-bond acceptors (Lipinski definition) is 13. The van der Waals surface area contributed by atoms with Crippen molar-refractivity contribution in [3.05, 3.63) is 34.4 Å². The molecule has 0 aliphatic carbocycles. The standard InChI is InChI=1S/C23H41NO3.C5H12O4.H4O5P2/c1-8-9-11-27-20(16-26-12-10-25)21-18(22(2,3)4)13-17(15-24)14-19(21)23(5,6)7;6-1-5(2-7,3-8)4-9;1-6(2)5-7(3)4/h13-14,20,25H,8-12,15-16,24H2,1-7H3;6-9H,1-4H2;1-4H. The molecule has 13 nitrogen and oxygen atoms in total. The summed E-state index contributed by atoms with van der Waals surface area (Å²) < 4.78 is 15.6. The molecule has 1 atom stereocenters. The molecule has 0 aliphatic rings. The Morgan fingerprint density at radius 2 is 1.21 bits per heavy atom. The lowest BCUT2D eigenvalue weighted by Crippen LogP contribution is -2.37. The quantitative estimate of drug-likeness (QED) is 0.0902. The first kappa shape index (κ1) is 44.7. The van der Waals surface area contributed by atoms with Crippen molar-refractivity contribution in [2.75, 3.05) is 52.9 Å².